The van der Waals surface area contributed by atoms with Gasteiger partial charge >= 0.3 is 10.2 Å². The number of anilines is 2. The molecule has 1 saturated heterocycles. The molecule has 3 aromatic carbocycles. The van der Waals surface area contributed by atoms with Gasteiger partial charge in [0, 0.05) is 19.2 Å². The molecular weight excluding hydrogens is 549 g/mol. The molecule has 1 aromatic heterocycles. The summed E-state index contributed by atoms with van der Waals surface area (Å²) in [5.74, 6) is -0.374. The summed E-state index contributed by atoms with van der Waals surface area (Å²) >= 11 is 0. The van der Waals surface area contributed by atoms with E-state index >= 15 is 4.39 Å². The lowest BCUT2D eigenvalue weighted by atomic mass is 10.0. The molecule has 1 amide bonds. The Morgan fingerprint density at radius 2 is 1.83 bits per heavy atom. The Morgan fingerprint density at radius 3 is 2.49 bits per heavy atom. The highest BCUT2D eigenvalue weighted by molar-refractivity contribution is 7.92. The van der Waals surface area contributed by atoms with E-state index < -0.39 is 28.5 Å². The molecule has 0 aliphatic carbocycles. The Balaban J connectivity index is 1.43. The van der Waals surface area contributed by atoms with Gasteiger partial charge < -0.3 is 19.4 Å². The van der Waals surface area contributed by atoms with Crippen LogP contribution < -0.4 is 23.4 Å². The number of amides is 1. The molecule has 10 nitrogen and oxygen atoms in total. The molecule has 4 aromatic rings. The van der Waals surface area contributed by atoms with Crippen molar-refractivity contribution in [2.45, 2.75) is 27.0 Å². The summed E-state index contributed by atoms with van der Waals surface area (Å²) in [5, 5.41) is 0. The summed E-state index contributed by atoms with van der Waals surface area (Å²) in [7, 11) is -0.898. The number of nitrogens with zero attached hydrogens (tertiary/aromatic N) is 3. The molecule has 12 heteroatoms. The number of rotatable bonds is 9. The number of aryl methyl sites for hydroxylation is 2. The van der Waals surface area contributed by atoms with E-state index in [4.69, 9.17) is 9.47 Å². The number of ether oxygens (including phenoxy) is 2. The second-order valence-electron chi connectivity index (χ2n) is 9.89. The van der Waals surface area contributed by atoms with Crippen LogP contribution in [0, 0.1) is 19.7 Å². The minimum absolute atomic E-state index is 0.0142. The Labute approximate surface area is 237 Å². The Kier molecular flexibility index (Phi) is 7.59. The number of hydrogen-bond donors (Lipinski definition) is 2. The van der Waals surface area contributed by atoms with E-state index in [1.165, 1.54) is 11.6 Å². The van der Waals surface area contributed by atoms with Crippen LogP contribution in [-0.2, 0) is 28.2 Å². The number of benzene rings is 3. The topological polar surface area (TPSA) is 117 Å². The van der Waals surface area contributed by atoms with Crippen LogP contribution in [0.3, 0.4) is 0 Å². The van der Waals surface area contributed by atoms with E-state index in [0.29, 0.717) is 21.6 Å². The van der Waals surface area contributed by atoms with Gasteiger partial charge in [-0.15, -0.1) is 0 Å². The van der Waals surface area contributed by atoms with E-state index in [0.717, 1.165) is 22.4 Å². The van der Waals surface area contributed by atoms with Gasteiger partial charge in [-0.2, -0.15) is 8.42 Å². The molecule has 0 radical (unpaired) electrons. The second kappa shape index (κ2) is 11.1. The van der Waals surface area contributed by atoms with Crippen molar-refractivity contribution in [3.63, 3.8) is 0 Å². The summed E-state index contributed by atoms with van der Waals surface area (Å²) in [4.78, 5) is 21.5. The maximum Gasteiger partial charge on any atom is 0.326 e. The highest BCUT2D eigenvalue weighted by Crippen LogP contribution is 2.37. The molecule has 2 N–H and O–H groups in total. The first-order chi connectivity index (χ1) is 19.5. The lowest BCUT2D eigenvalue weighted by Gasteiger charge is -2.22. The number of carbonyl (C=O) groups excluding carboxylic acids is 1. The van der Waals surface area contributed by atoms with E-state index in [2.05, 4.69) is 16.0 Å². The fourth-order valence-electron chi connectivity index (χ4n) is 4.71. The molecule has 1 aliphatic heterocycles. The third-order valence-corrected chi connectivity index (χ3v) is 8.10. The normalized spacial score (nSPS) is 14.2. The molecule has 1 fully saturated rings. The van der Waals surface area contributed by atoms with Crippen molar-refractivity contribution in [3.8, 4) is 22.8 Å². The monoisotopic (exact) mass is 579 g/mol. The highest BCUT2D eigenvalue weighted by atomic mass is 32.2. The summed E-state index contributed by atoms with van der Waals surface area (Å²) < 4.78 is 54.5. The largest absolute Gasteiger partial charge is 0.497 e. The lowest BCUT2D eigenvalue weighted by molar-refractivity contribution is -0.117. The molecule has 5 rings (SSSR count). The van der Waals surface area contributed by atoms with Crippen molar-refractivity contribution in [2.75, 3.05) is 29.9 Å². The molecule has 0 bridgehead atoms. The predicted octanol–water partition coefficient (Wildman–Crippen LogP) is 4.24. The van der Waals surface area contributed by atoms with Crippen LogP contribution in [0.2, 0.25) is 0 Å². The van der Waals surface area contributed by atoms with Crippen molar-refractivity contribution < 1.29 is 27.1 Å². The number of carbonyl (C=O) groups is 1. The van der Waals surface area contributed by atoms with Gasteiger partial charge in [-0.05, 0) is 54.8 Å². The van der Waals surface area contributed by atoms with Crippen LogP contribution in [0.4, 0.5) is 16.0 Å². The molecule has 0 atom stereocenters. The van der Waals surface area contributed by atoms with E-state index in [-0.39, 0.29) is 24.6 Å². The maximum absolute atomic E-state index is 15.6. The summed E-state index contributed by atoms with van der Waals surface area (Å²) in [5.41, 5.74) is 5.10. The molecular formula is C29H30FN5O5S. The molecule has 0 spiro atoms. The van der Waals surface area contributed by atoms with Crippen LogP contribution in [0.5, 0.6) is 11.5 Å². The molecule has 0 saturated carbocycles. The van der Waals surface area contributed by atoms with Crippen molar-refractivity contribution in [2.24, 2.45) is 0 Å². The van der Waals surface area contributed by atoms with Gasteiger partial charge in [-0.1, -0.05) is 35.9 Å². The third-order valence-electron chi connectivity index (χ3n) is 6.73. The third kappa shape index (κ3) is 5.97. The zero-order valence-corrected chi connectivity index (χ0v) is 23.9. The van der Waals surface area contributed by atoms with Gasteiger partial charge in [0.1, 0.15) is 30.3 Å². The molecule has 214 valence electrons. The second-order valence-corrected chi connectivity index (χ2v) is 11.5. The highest BCUT2D eigenvalue weighted by Gasteiger charge is 2.38. The Morgan fingerprint density at radius 1 is 1.07 bits per heavy atom. The van der Waals surface area contributed by atoms with Crippen molar-refractivity contribution in [1.82, 2.24) is 14.7 Å². The number of imidazole rings is 1. The molecule has 41 heavy (non-hydrogen) atoms. The number of nitrogens with one attached hydrogen (secondary N) is 2. The minimum Gasteiger partial charge on any atom is -0.497 e. The Bertz CT molecular complexity index is 1710. The van der Waals surface area contributed by atoms with Crippen LogP contribution >= 0.6 is 0 Å². The number of halogens is 1. The number of methoxy groups -OCH3 is 1. The van der Waals surface area contributed by atoms with Gasteiger partial charge in [0.05, 0.1) is 19.0 Å². The van der Waals surface area contributed by atoms with E-state index in [1.54, 1.807) is 43.6 Å². The molecule has 2 heterocycles. The standard InChI is InChI=1S/C29H30FN5O5S/c1-18-5-10-23(19(2)11-18)25-14-31-29(32-25)34(3)15-21-12-24(30)28(35-16-27(36)33-41(35,37)38)26(13-21)40-17-20-6-8-22(39-4)9-7-20/h5-14H,15-17H2,1-4H3,(H,31,32)(H,33,36). The number of aromatic nitrogens is 2. The summed E-state index contributed by atoms with van der Waals surface area (Å²) in [6.07, 6.45) is 1.75. The van der Waals surface area contributed by atoms with Crippen molar-refractivity contribution in [3.05, 3.63) is 88.9 Å². The average Bonchev–Trinajstić information content (AvgIpc) is 3.51. The van der Waals surface area contributed by atoms with Gasteiger partial charge in [0.25, 0.3) is 5.91 Å². The minimum atomic E-state index is -4.26. The zero-order chi connectivity index (χ0) is 29.3. The first-order valence-electron chi connectivity index (χ1n) is 12.8. The van der Waals surface area contributed by atoms with E-state index in [1.807, 2.05) is 42.6 Å². The predicted molar refractivity (Wildman–Crippen MR) is 154 cm³/mol. The Hall–Kier alpha value is -4.58. The van der Waals surface area contributed by atoms with Gasteiger partial charge in [-0.3, -0.25) is 4.79 Å². The summed E-state index contributed by atoms with van der Waals surface area (Å²) in [6.45, 7) is 3.79. The van der Waals surface area contributed by atoms with Gasteiger partial charge in [0.15, 0.2) is 5.82 Å². The smallest absolute Gasteiger partial charge is 0.326 e. The van der Waals surface area contributed by atoms with Crippen molar-refractivity contribution in [1.29, 1.82) is 0 Å². The number of H-pyrrole nitrogens is 1. The zero-order valence-electron chi connectivity index (χ0n) is 23.1. The fraction of sp³-hybridized carbons (Fsp3) is 0.241. The van der Waals surface area contributed by atoms with Crippen LogP contribution in [0.15, 0.2) is 60.8 Å². The van der Waals surface area contributed by atoms with E-state index in [9.17, 15) is 13.2 Å². The molecule has 0 unspecified atom stereocenters. The average molecular weight is 580 g/mol. The van der Waals surface area contributed by atoms with Gasteiger partial charge in [-0.25, -0.2) is 18.4 Å². The SMILES string of the molecule is COc1ccc(COc2cc(CN(C)c3ncc(-c4ccc(C)cc4C)[nH]3)cc(F)c2N2CC(=O)NS2(=O)=O)cc1. The number of aromatic amines is 1. The number of hydrogen-bond acceptors (Lipinski definition) is 7. The summed E-state index contributed by atoms with van der Waals surface area (Å²) in [6, 6.07) is 16.1. The molecule has 1 aliphatic rings. The lowest BCUT2D eigenvalue weighted by Crippen LogP contribution is -2.30. The first kappa shape index (κ1) is 28.0. The fourth-order valence-corrected chi connectivity index (χ4v) is 5.87. The van der Waals surface area contributed by atoms with Crippen LogP contribution in [0.1, 0.15) is 22.3 Å². The van der Waals surface area contributed by atoms with Crippen molar-refractivity contribution >= 4 is 27.8 Å². The van der Waals surface area contributed by atoms with Crippen LogP contribution in [0.25, 0.3) is 11.3 Å². The maximum atomic E-state index is 15.6. The van der Waals surface area contributed by atoms with Gasteiger partial charge in [0.2, 0.25) is 5.95 Å². The van der Waals surface area contributed by atoms with Crippen LogP contribution in [-0.4, -0.2) is 45.0 Å². The first-order valence-corrected chi connectivity index (χ1v) is 14.2. The quantitative estimate of drug-likeness (QED) is 0.305.